The number of aliphatic hydroxyl groups excluding tert-OH is 1. The Balaban J connectivity index is 1.80. The van der Waals surface area contributed by atoms with Gasteiger partial charge in [0, 0.05) is 34.9 Å². The van der Waals surface area contributed by atoms with Crippen molar-refractivity contribution in [2.45, 2.75) is 25.5 Å². The Labute approximate surface area is 162 Å². The maximum absolute atomic E-state index is 10.8. The molecule has 7 heteroatoms. The van der Waals surface area contributed by atoms with Gasteiger partial charge < -0.3 is 20.8 Å². The van der Waals surface area contributed by atoms with Crippen LogP contribution in [0.15, 0.2) is 42.5 Å². The Morgan fingerprint density at radius 1 is 1.15 bits per heavy atom. The topological polar surface area (TPSA) is 81.6 Å². The summed E-state index contributed by atoms with van der Waals surface area (Å²) in [4.78, 5) is 10.8. The van der Waals surface area contributed by atoms with E-state index in [0.29, 0.717) is 28.7 Å². The maximum Gasteiger partial charge on any atom is 0.307 e. The molecule has 140 valence electrons. The van der Waals surface area contributed by atoms with E-state index in [1.54, 1.807) is 30.3 Å². The molecule has 0 bridgehead atoms. The van der Waals surface area contributed by atoms with Crippen LogP contribution in [0.1, 0.15) is 24.2 Å². The summed E-state index contributed by atoms with van der Waals surface area (Å²) in [7, 11) is 0. The van der Waals surface area contributed by atoms with Crippen LogP contribution < -0.4 is 10.6 Å². The largest absolute Gasteiger partial charge is 0.481 e. The Hall–Kier alpha value is -1.79. The van der Waals surface area contributed by atoms with E-state index in [1.807, 2.05) is 19.1 Å². The van der Waals surface area contributed by atoms with Crippen LogP contribution in [-0.4, -0.2) is 35.3 Å². The summed E-state index contributed by atoms with van der Waals surface area (Å²) in [5.41, 5.74) is 2.17. The lowest BCUT2D eigenvalue weighted by atomic mass is 10.1. The summed E-state index contributed by atoms with van der Waals surface area (Å²) >= 11 is 12.0. The third-order valence-corrected chi connectivity index (χ3v) is 4.49. The average molecular weight is 397 g/mol. The zero-order valence-corrected chi connectivity index (χ0v) is 15.9. The van der Waals surface area contributed by atoms with Gasteiger partial charge in [-0.15, -0.1) is 0 Å². The summed E-state index contributed by atoms with van der Waals surface area (Å²) in [6, 6.07) is 12.5. The van der Waals surface area contributed by atoms with Crippen LogP contribution >= 0.6 is 23.2 Å². The first-order valence-corrected chi connectivity index (χ1v) is 9.01. The number of carboxylic acid groups (broad SMARTS) is 1. The predicted molar refractivity (Wildman–Crippen MR) is 105 cm³/mol. The minimum absolute atomic E-state index is 0.0984. The zero-order valence-electron chi connectivity index (χ0n) is 14.4. The smallest absolute Gasteiger partial charge is 0.307 e. The van der Waals surface area contributed by atoms with Gasteiger partial charge in [-0.05, 0) is 42.3 Å². The van der Waals surface area contributed by atoms with E-state index in [2.05, 4.69) is 10.6 Å². The molecule has 2 aromatic rings. The molecular formula is C19H22Cl2N2O3. The van der Waals surface area contributed by atoms with Crippen molar-refractivity contribution in [1.29, 1.82) is 0 Å². The Bertz CT molecular complexity index is 755. The molecule has 0 spiro atoms. The molecule has 0 radical (unpaired) electrons. The highest BCUT2D eigenvalue weighted by atomic mass is 35.5. The molecule has 0 unspecified atom stereocenters. The van der Waals surface area contributed by atoms with Crippen LogP contribution in [0.25, 0.3) is 0 Å². The molecule has 4 N–H and O–H groups in total. The van der Waals surface area contributed by atoms with E-state index in [4.69, 9.17) is 28.3 Å². The first-order chi connectivity index (χ1) is 12.3. The average Bonchev–Trinajstić information content (AvgIpc) is 2.59. The number of carboxylic acids is 1. The zero-order chi connectivity index (χ0) is 19.1. The predicted octanol–water partition coefficient (Wildman–Crippen LogP) is 3.74. The van der Waals surface area contributed by atoms with E-state index in [9.17, 15) is 9.90 Å². The number of halogens is 2. The van der Waals surface area contributed by atoms with Gasteiger partial charge in [0.25, 0.3) is 0 Å². The SMILES string of the molecule is C[C@H](CNc1ccc(CC(=O)O)c(Cl)c1)NC[C@H](O)c1cccc(Cl)c1. The molecule has 26 heavy (non-hydrogen) atoms. The Morgan fingerprint density at radius 3 is 2.58 bits per heavy atom. The minimum atomic E-state index is -0.913. The van der Waals surface area contributed by atoms with Gasteiger partial charge in [-0.1, -0.05) is 41.4 Å². The third kappa shape index (κ3) is 6.50. The fourth-order valence-corrected chi connectivity index (χ4v) is 2.90. The number of rotatable bonds is 9. The fraction of sp³-hybridized carbons (Fsp3) is 0.316. The molecular weight excluding hydrogens is 375 g/mol. The lowest BCUT2D eigenvalue weighted by molar-refractivity contribution is -0.136. The molecule has 0 amide bonds. The van der Waals surface area contributed by atoms with Crippen molar-refractivity contribution >= 4 is 34.9 Å². The number of hydrogen-bond acceptors (Lipinski definition) is 4. The van der Waals surface area contributed by atoms with Crippen molar-refractivity contribution in [3.05, 3.63) is 63.6 Å². The number of anilines is 1. The summed E-state index contributed by atoms with van der Waals surface area (Å²) in [6.07, 6.45) is -0.737. The molecule has 0 aliphatic heterocycles. The van der Waals surface area contributed by atoms with Gasteiger partial charge in [0.05, 0.1) is 12.5 Å². The molecule has 2 rings (SSSR count). The minimum Gasteiger partial charge on any atom is -0.481 e. The summed E-state index contributed by atoms with van der Waals surface area (Å²) in [6.45, 7) is 3.02. The van der Waals surface area contributed by atoms with E-state index in [1.165, 1.54) is 0 Å². The molecule has 0 aliphatic carbocycles. The number of aliphatic hydroxyl groups is 1. The van der Waals surface area contributed by atoms with Crippen molar-refractivity contribution in [2.75, 3.05) is 18.4 Å². The second kappa shape index (κ2) is 9.78. The van der Waals surface area contributed by atoms with Crippen molar-refractivity contribution < 1.29 is 15.0 Å². The maximum atomic E-state index is 10.8. The fourth-order valence-electron chi connectivity index (χ4n) is 2.45. The standard InChI is InChI=1S/C19H22Cl2N2O3/c1-12(22-11-18(24)14-3-2-4-15(20)7-14)10-23-16-6-5-13(8-19(25)26)17(21)9-16/h2-7,9,12,18,22-24H,8,10-11H2,1H3,(H,25,26)/t12-,18+/m1/s1. The molecule has 5 nitrogen and oxygen atoms in total. The van der Waals surface area contributed by atoms with Crippen LogP contribution in [0, 0.1) is 0 Å². The van der Waals surface area contributed by atoms with Crippen molar-refractivity contribution in [1.82, 2.24) is 5.32 Å². The highest BCUT2D eigenvalue weighted by molar-refractivity contribution is 6.31. The first kappa shape index (κ1) is 20.5. The van der Waals surface area contributed by atoms with E-state index in [-0.39, 0.29) is 12.5 Å². The molecule has 0 heterocycles. The van der Waals surface area contributed by atoms with E-state index in [0.717, 1.165) is 11.3 Å². The normalized spacial score (nSPS) is 13.2. The highest BCUT2D eigenvalue weighted by Crippen LogP contribution is 2.21. The van der Waals surface area contributed by atoms with Crippen molar-refractivity contribution in [2.24, 2.45) is 0 Å². The van der Waals surface area contributed by atoms with Crippen LogP contribution in [0.2, 0.25) is 10.0 Å². The van der Waals surface area contributed by atoms with Gasteiger partial charge in [0.15, 0.2) is 0 Å². The number of benzene rings is 2. The van der Waals surface area contributed by atoms with Gasteiger partial charge in [-0.25, -0.2) is 0 Å². The molecule has 0 fully saturated rings. The second-order valence-electron chi connectivity index (χ2n) is 6.14. The second-order valence-corrected chi connectivity index (χ2v) is 6.98. The Kier molecular flexibility index (Phi) is 7.72. The van der Waals surface area contributed by atoms with Crippen LogP contribution in [-0.2, 0) is 11.2 Å². The summed E-state index contributed by atoms with van der Waals surface area (Å²) in [5.74, 6) is -0.913. The number of nitrogens with one attached hydrogen (secondary N) is 2. The lowest BCUT2D eigenvalue weighted by Gasteiger charge is -2.19. The van der Waals surface area contributed by atoms with Crippen molar-refractivity contribution in [3.63, 3.8) is 0 Å². The number of aliphatic carboxylic acids is 1. The molecule has 0 saturated heterocycles. The molecule has 0 saturated carbocycles. The first-order valence-electron chi connectivity index (χ1n) is 8.26. The third-order valence-electron chi connectivity index (χ3n) is 3.90. The van der Waals surface area contributed by atoms with Gasteiger partial charge in [-0.3, -0.25) is 4.79 Å². The van der Waals surface area contributed by atoms with Gasteiger partial charge in [0.2, 0.25) is 0 Å². The van der Waals surface area contributed by atoms with Crippen molar-refractivity contribution in [3.8, 4) is 0 Å². The van der Waals surface area contributed by atoms with Gasteiger partial charge >= 0.3 is 5.97 Å². The summed E-state index contributed by atoms with van der Waals surface area (Å²) in [5, 5.41) is 26.6. The molecule has 2 aromatic carbocycles. The van der Waals surface area contributed by atoms with Crippen LogP contribution in [0.5, 0.6) is 0 Å². The monoisotopic (exact) mass is 396 g/mol. The lowest BCUT2D eigenvalue weighted by Crippen LogP contribution is -2.35. The van der Waals surface area contributed by atoms with Gasteiger partial charge in [-0.2, -0.15) is 0 Å². The van der Waals surface area contributed by atoms with Crippen LogP contribution in [0.4, 0.5) is 5.69 Å². The quantitative estimate of drug-likeness (QED) is 0.518. The number of carbonyl (C=O) groups is 1. The van der Waals surface area contributed by atoms with E-state index >= 15 is 0 Å². The van der Waals surface area contributed by atoms with E-state index < -0.39 is 12.1 Å². The van der Waals surface area contributed by atoms with Crippen LogP contribution in [0.3, 0.4) is 0 Å². The molecule has 2 atom stereocenters. The summed E-state index contributed by atoms with van der Waals surface area (Å²) < 4.78 is 0. The number of hydrogen-bond donors (Lipinski definition) is 4. The Morgan fingerprint density at radius 2 is 1.92 bits per heavy atom. The molecule has 0 aliphatic rings. The molecule has 0 aromatic heterocycles. The highest BCUT2D eigenvalue weighted by Gasteiger charge is 2.11. The van der Waals surface area contributed by atoms with Gasteiger partial charge in [0.1, 0.15) is 0 Å².